The van der Waals surface area contributed by atoms with Gasteiger partial charge in [0, 0.05) is 19.8 Å². The number of aryl methyl sites for hydroxylation is 1. The summed E-state index contributed by atoms with van der Waals surface area (Å²) >= 11 is 0. The van der Waals surface area contributed by atoms with E-state index in [9.17, 15) is 4.79 Å². The van der Waals surface area contributed by atoms with Crippen LogP contribution in [-0.4, -0.2) is 34.2 Å². The molecular formula is C11H17N3O. The molecule has 82 valence electrons. The average Bonchev–Trinajstić information content (AvgIpc) is 2.90. The fourth-order valence-corrected chi connectivity index (χ4v) is 1.60. The molecule has 0 saturated heterocycles. The summed E-state index contributed by atoms with van der Waals surface area (Å²) in [4.78, 5) is 13.6. The molecule has 1 fully saturated rings. The number of likely N-dealkylation sites (N-methyl/N-ethyl adjacent to an activating group) is 1. The van der Waals surface area contributed by atoms with Crippen LogP contribution in [0.15, 0.2) is 12.3 Å². The molecule has 1 heterocycles. The van der Waals surface area contributed by atoms with Gasteiger partial charge in [-0.2, -0.15) is 5.10 Å². The molecule has 0 aliphatic heterocycles. The third kappa shape index (κ3) is 2.81. The first kappa shape index (κ1) is 10.2. The Morgan fingerprint density at radius 2 is 2.40 bits per heavy atom. The topological polar surface area (TPSA) is 38.1 Å². The Hall–Kier alpha value is -1.32. The lowest BCUT2D eigenvalue weighted by molar-refractivity contribution is -0.130. The molecule has 1 aromatic heterocycles. The summed E-state index contributed by atoms with van der Waals surface area (Å²) in [6, 6.07) is 1.91. The van der Waals surface area contributed by atoms with Crippen molar-refractivity contribution in [1.29, 1.82) is 0 Å². The summed E-state index contributed by atoms with van der Waals surface area (Å²) in [5.41, 5.74) is 0.952. The van der Waals surface area contributed by atoms with Crippen molar-refractivity contribution in [3.8, 4) is 0 Å². The molecule has 4 heteroatoms. The SMILES string of the molecule is Cc1ccn(CC(=O)N(C)CC2CC2)n1. The number of carbonyl (C=O) groups is 1. The number of amides is 1. The number of carbonyl (C=O) groups excluding carboxylic acids is 1. The van der Waals surface area contributed by atoms with E-state index in [0.29, 0.717) is 6.54 Å². The van der Waals surface area contributed by atoms with Crippen LogP contribution < -0.4 is 0 Å². The van der Waals surface area contributed by atoms with E-state index in [1.54, 1.807) is 4.68 Å². The molecule has 1 aliphatic carbocycles. The Bertz CT molecular complexity index is 354. The average molecular weight is 207 g/mol. The first-order chi connectivity index (χ1) is 7.15. The van der Waals surface area contributed by atoms with E-state index in [4.69, 9.17) is 0 Å². The van der Waals surface area contributed by atoms with Crippen molar-refractivity contribution in [3.05, 3.63) is 18.0 Å². The number of hydrogen-bond acceptors (Lipinski definition) is 2. The maximum Gasteiger partial charge on any atom is 0.244 e. The lowest BCUT2D eigenvalue weighted by atomic mass is 10.4. The Morgan fingerprint density at radius 3 is 2.93 bits per heavy atom. The second-order valence-corrected chi connectivity index (χ2v) is 4.37. The molecule has 0 radical (unpaired) electrons. The molecule has 0 atom stereocenters. The van der Waals surface area contributed by atoms with Crippen molar-refractivity contribution < 1.29 is 4.79 Å². The third-order valence-electron chi connectivity index (χ3n) is 2.73. The van der Waals surface area contributed by atoms with Crippen molar-refractivity contribution in [1.82, 2.24) is 14.7 Å². The van der Waals surface area contributed by atoms with Gasteiger partial charge in [0.1, 0.15) is 6.54 Å². The fourth-order valence-electron chi connectivity index (χ4n) is 1.60. The zero-order chi connectivity index (χ0) is 10.8. The monoisotopic (exact) mass is 207 g/mol. The molecule has 1 aliphatic rings. The quantitative estimate of drug-likeness (QED) is 0.740. The molecule has 0 N–H and O–H groups in total. The first-order valence-corrected chi connectivity index (χ1v) is 5.39. The summed E-state index contributed by atoms with van der Waals surface area (Å²) < 4.78 is 1.70. The molecular weight excluding hydrogens is 190 g/mol. The van der Waals surface area contributed by atoms with Crippen molar-refractivity contribution in [2.24, 2.45) is 5.92 Å². The van der Waals surface area contributed by atoms with E-state index in [2.05, 4.69) is 5.10 Å². The van der Waals surface area contributed by atoms with Gasteiger partial charge in [0.2, 0.25) is 5.91 Å². The van der Waals surface area contributed by atoms with Crippen LogP contribution in [0.3, 0.4) is 0 Å². The van der Waals surface area contributed by atoms with Gasteiger partial charge in [-0.25, -0.2) is 0 Å². The van der Waals surface area contributed by atoms with Gasteiger partial charge < -0.3 is 4.90 Å². The normalized spacial score (nSPS) is 15.3. The molecule has 0 unspecified atom stereocenters. The molecule has 0 bridgehead atoms. The second kappa shape index (κ2) is 4.04. The van der Waals surface area contributed by atoms with Gasteiger partial charge in [0.05, 0.1) is 5.69 Å². The molecule has 2 rings (SSSR count). The van der Waals surface area contributed by atoms with Crippen LogP contribution in [0.25, 0.3) is 0 Å². The van der Waals surface area contributed by atoms with Crippen molar-refractivity contribution in [3.63, 3.8) is 0 Å². The largest absolute Gasteiger partial charge is 0.344 e. The molecule has 15 heavy (non-hydrogen) atoms. The van der Waals surface area contributed by atoms with Gasteiger partial charge in [-0.15, -0.1) is 0 Å². The predicted molar refractivity (Wildman–Crippen MR) is 57.3 cm³/mol. The van der Waals surface area contributed by atoms with E-state index in [1.165, 1.54) is 12.8 Å². The van der Waals surface area contributed by atoms with Gasteiger partial charge in [-0.1, -0.05) is 0 Å². The Balaban J connectivity index is 1.85. The first-order valence-electron chi connectivity index (χ1n) is 5.39. The van der Waals surface area contributed by atoms with Crippen LogP contribution in [0.1, 0.15) is 18.5 Å². The maximum absolute atomic E-state index is 11.8. The summed E-state index contributed by atoms with van der Waals surface area (Å²) in [6.07, 6.45) is 4.40. The Kier molecular flexibility index (Phi) is 2.75. The highest BCUT2D eigenvalue weighted by atomic mass is 16.2. The highest BCUT2D eigenvalue weighted by molar-refractivity contribution is 5.75. The molecule has 1 amide bonds. The van der Waals surface area contributed by atoms with Crippen LogP contribution in [0.4, 0.5) is 0 Å². The van der Waals surface area contributed by atoms with E-state index < -0.39 is 0 Å². The van der Waals surface area contributed by atoms with Crippen LogP contribution in [-0.2, 0) is 11.3 Å². The highest BCUT2D eigenvalue weighted by Gasteiger charge is 2.24. The summed E-state index contributed by atoms with van der Waals surface area (Å²) in [5, 5.41) is 4.20. The van der Waals surface area contributed by atoms with Crippen LogP contribution in [0.2, 0.25) is 0 Å². The van der Waals surface area contributed by atoms with Gasteiger partial charge in [0.25, 0.3) is 0 Å². The van der Waals surface area contributed by atoms with E-state index in [1.807, 2.05) is 31.1 Å². The fraction of sp³-hybridized carbons (Fsp3) is 0.636. The maximum atomic E-state index is 11.8. The van der Waals surface area contributed by atoms with Crippen molar-refractivity contribution in [2.45, 2.75) is 26.3 Å². The zero-order valence-corrected chi connectivity index (χ0v) is 9.31. The van der Waals surface area contributed by atoms with Crippen LogP contribution >= 0.6 is 0 Å². The summed E-state index contributed by atoms with van der Waals surface area (Å²) in [7, 11) is 1.87. The standard InChI is InChI=1S/C11H17N3O/c1-9-5-6-14(12-9)8-11(15)13(2)7-10-3-4-10/h5-6,10H,3-4,7-8H2,1-2H3. The lowest BCUT2D eigenvalue weighted by Gasteiger charge is -2.16. The zero-order valence-electron chi connectivity index (χ0n) is 9.31. The van der Waals surface area contributed by atoms with E-state index >= 15 is 0 Å². The predicted octanol–water partition coefficient (Wildman–Crippen LogP) is 1.06. The minimum Gasteiger partial charge on any atom is -0.344 e. The lowest BCUT2D eigenvalue weighted by Crippen LogP contribution is -2.32. The number of hydrogen-bond donors (Lipinski definition) is 0. The van der Waals surface area contributed by atoms with Gasteiger partial charge in [0.15, 0.2) is 0 Å². The summed E-state index contributed by atoms with van der Waals surface area (Å²) in [5.74, 6) is 0.892. The number of nitrogens with zero attached hydrogens (tertiary/aromatic N) is 3. The van der Waals surface area contributed by atoms with Crippen LogP contribution in [0.5, 0.6) is 0 Å². The number of rotatable bonds is 4. The smallest absolute Gasteiger partial charge is 0.244 e. The molecule has 1 aromatic rings. The Labute approximate surface area is 89.9 Å². The number of aromatic nitrogens is 2. The van der Waals surface area contributed by atoms with Crippen molar-refractivity contribution >= 4 is 5.91 Å². The molecule has 0 spiro atoms. The Morgan fingerprint density at radius 1 is 1.67 bits per heavy atom. The van der Waals surface area contributed by atoms with Gasteiger partial charge >= 0.3 is 0 Å². The minimum absolute atomic E-state index is 0.144. The highest BCUT2D eigenvalue weighted by Crippen LogP contribution is 2.29. The van der Waals surface area contributed by atoms with E-state index in [-0.39, 0.29) is 5.91 Å². The molecule has 0 aromatic carbocycles. The minimum atomic E-state index is 0.144. The molecule has 4 nitrogen and oxygen atoms in total. The molecule has 1 saturated carbocycles. The summed E-state index contributed by atoms with van der Waals surface area (Å²) in [6.45, 7) is 3.19. The van der Waals surface area contributed by atoms with Crippen LogP contribution in [0, 0.1) is 12.8 Å². The van der Waals surface area contributed by atoms with Gasteiger partial charge in [-0.05, 0) is 31.7 Å². The van der Waals surface area contributed by atoms with E-state index in [0.717, 1.165) is 18.2 Å². The van der Waals surface area contributed by atoms with Crippen molar-refractivity contribution in [2.75, 3.05) is 13.6 Å². The van der Waals surface area contributed by atoms with Gasteiger partial charge in [-0.3, -0.25) is 9.48 Å². The third-order valence-corrected chi connectivity index (χ3v) is 2.73. The second-order valence-electron chi connectivity index (χ2n) is 4.37.